The van der Waals surface area contributed by atoms with Crippen LogP contribution >= 0.6 is 0 Å². The highest BCUT2D eigenvalue weighted by atomic mass is 16.6. The first-order valence-corrected chi connectivity index (χ1v) is 10.8. The summed E-state index contributed by atoms with van der Waals surface area (Å²) in [6.07, 6.45) is 0. The molecule has 3 N–H and O–H groups in total. The van der Waals surface area contributed by atoms with E-state index in [2.05, 4.69) is 32.5 Å². The number of aromatic nitrogens is 1. The Morgan fingerprint density at radius 2 is 1.76 bits per heavy atom. The maximum Gasteiger partial charge on any atom is 0.199 e. The van der Waals surface area contributed by atoms with Crippen molar-refractivity contribution in [2.24, 2.45) is 10.1 Å². The molecule has 3 aromatic carbocycles. The summed E-state index contributed by atoms with van der Waals surface area (Å²) in [5.41, 5.74) is 6.53. The third-order valence-electron chi connectivity index (χ3n) is 5.60. The van der Waals surface area contributed by atoms with Gasteiger partial charge >= 0.3 is 0 Å². The minimum Gasteiger partial charge on any atom is -0.494 e. The molecule has 0 saturated carbocycles. The summed E-state index contributed by atoms with van der Waals surface area (Å²) in [5.74, 6) is 0.0679. The average Bonchev–Trinajstić information content (AvgIpc) is 3.35. The lowest BCUT2D eigenvalue weighted by Gasteiger charge is -2.13. The van der Waals surface area contributed by atoms with Crippen LogP contribution in [0.25, 0.3) is 10.9 Å². The predicted molar refractivity (Wildman–Crippen MR) is 134 cm³/mol. The van der Waals surface area contributed by atoms with Crippen LogP contribution in [0.5, 0.6) is 5.88 Å². The lowest BCUT2D eigenvalue weighted by atomic mass is 10.0. The topological polar surface area (TPSA) is 85.2 Å². The number of hydrogen-bond donors (Lipinski definition) is 3. The van der Waals surface area contributed by atoms with Gasteiger partial charge in [-0.1, -0.05) is 41.6 Å². The van der Waals surface area contributed by atoms with E-state index in [0.29, 0.717) is 30.1 Å². The van der Waals surface area contributed by atoms with Gasteiger partial charge in [0, 0.05) is 41.9 Å². The number of rotatable bonds is 7. The summed E-state index contributed by atoms with van der Waals surface area (Å²) in [6, 6.07) is 23.7. The molecule has 0 amide bonds. The molecule has 0 radical (unpaired) electrons. The number of aliphatic imine (C=N–C) groups is 1. The van der Waals surface area contributed by atoms with E-state index < -0.39 is 0 Å². The van der Waals surface area contributed by atoms with Gasteiger partial charge < -0.3 is 25.1 Å². The highest BCUT2D eigenvalue weighted by molar-refractivity contribution is 6.58. The van der Waals surface area contributed by atoms with Crippen LogP contribution in [0.1, 0.15) is 11.1 Å². The molecule has 4 aromatic rings. The molecule has 2 heterocycles. The molecular formula is C26H25N5O2. The summed E-state index contributed by atoms with van der Waals surface area (Å²) in [4.78, 5) is 15.5. The van der Waals surface area contributed by atoms with Gasteiger partial charge in [-0.15, -0.1) is 0 Å². The number of hydrogen-bond acceptors (Lipinski definition) is 6. The van der Waals surface area contributed by atoms with Crippen LogP contribution in [-0.2, 0) is 4.84 Å². The second kappa shape index (κ2) is 8.70. The molecule has 1 aliphatic heterocycles. The molecular weight excluding hydrogens is 414 g/mol. The lowest BCUT2D eigenvalue weighted by Crippen LogP contribution is -2.15. The van der Waals surface area contributed by atoms with Crippen LogP contribution in [-0.4, -0.2) is 48.8 Å². The maximum atomic E-state index is 10.6. The van der Waals surface area contributed by atoms with E-state index in [9.17, 15) is 5.11 Å². The van der Waals surface area contributed by atoms with Crippen molar-refractivity contribution in [3.05, 3.63) is 83.9 Å². The lowest BCUT2D eigenvalue weighted by molar-refractivity contribution is 0.156. The van der Waals surface area contributed by atoms with Crippen molar-refractivity contribution >= 4 is 39.4 Å². The number of oxime groups is 1. The number of nitrogens with zero attached hydrogens (tertiary/aromatic N) is 3. The normalized spacial score (nSPS) is 13.8. The van der Waals surface area contributed by atoms with E-state index in [0.717, 1.165) is 33.5 Å². The Balaban J connectivity index is 1.34. The Morgan fingerprint density at radius 3 is 2.58 bits per heavy atom. The smallest absolute Gasteiger partial charge is 0.199 e. The SMILES string of the molecule is CN(C)c1ccc(NCCO/N=C2/C(c3c(O)[nH]c4ccccc34)=Nc3ccccc32)cc1. The summed E-state index contributed by atoms with van der Waals surface area (Å²) in [7, 11) is 4.04. The Morgan fingerprint density at radius 1 is 1.00 bits per heavy atom. The van der Waals surface area contributed by atoms with E-state index in [4.69, 9.17) is 9.83 Å². The fraction of sp³-hybridized carbons (Fsp3) is 0.154. The molecule has 33 heavy (non-hydrogen) atoms. The number of fused-ring (bicyclic) bond motifs is 2. The standard InChI is InChI=1S/C26H25N5O2/c1-31(2)18-13-11-17(12-14-18)27-15-16-33-30-24-20-8-4-6-10-22(20)28-25(24)23-19-7-3-5-9-21(19)29-26(23)32/h3-14,27,29,32H,15-16H2,1-2H3/b30-24+. The molecule has 0 bridgehead atoms. The van der Waals surface area contributed by atoms with Crippen molar-refractivity contribution in [1.29, 1.82) is 0 Å². The first-order chi connectivity index (χ1) is 16.1. The predicted octanol–water partition coefficient (Wildman–Crippen LogP) is 4.91. The molecule has 0 aliphatic carbocycles. The van der Waals surface area contributed by atoms with Crippen molar-refractivity contribution in [2.75, 3.05) is 37.5 Å². The number of H-pyrrole nitrogens is 1. The van der Waals surface area contributed by atoms with Gasteiger partial charge in [0.1, 0.15) is 18.0 Å². The van der Waals surface area contributed by atoms with E-state index in [1.54, 1.807) is 0 Å². The first kappa shape index (κ1) is 20.6. The summed E-state index contributed by atoms with van der Waals surface area (Å²) in [5, 5.41) is 19.3. The largest absolute Gasteiger partial charge is 0.494 e. The molecule has 0 atom stereocenters. The average molecular weight is 440 g/mol. The fourth-order valence-corrected chi connectivity index (χ4v) is 3.94. The van der Waals surface area contributed by atoms with Gasteiger partial charge in [-0.05, 0) is 36.4 Å². The summed E-state index contributed by atoms with van der Waals surface area (Å²) in [6.45, 7) is 0.985. The van der Waals surface area contributed by atoms with Crippen molar-refractivity contribution in [3.63, 3.8) is 0 Å². The minimum atomic E-state index is 0.0679. The number of aromatic amines is 1. The zero-order valence-electron chi connectivity index (χ0n) is 18.5. The van der Waals surface area contributed by atoms with Crippen molar-refractivity contribution in [3.8, 4) is 5.88 Å². The quantitative estimate of drug-likeness (QED) is 0.282. The molecule has 1 aromatic heterocycles. The van der Waals surface area contributed by atoms with Crippen LogP contribution < -0.4 is 10.2 Å². The van der Waals surface area contributed by atoms with Gasteiger partial charge in [-0.25, -0.2) is 4.99 Å². The van der Waals surface area contributed by atoms with E-state index in [-0.39, 0.29) is 5.88 Å². The Bertz CT molecular complexity index is 1350. The number of benzene rings is 3. The molecule has 1 aliphatic rings. The molecule has 7 nitrogen and oxygen atoms in total. The number of anilines is 2. The van der Waals surface area contributed by atoms with Crippen molar-refractivity contribution in [1.82, 2.24) is 4.98 Å². The van der Waals surface area contributed by atoms with Crippen LogP contribution in [0.3, 0.4) is 0 Å². The van der Waals surface area contributed by atoms with E-state index in [1.165, 1.54) is 0 Å². The Hall–Kier alpha value is -4.26. The van der Waals surface area contributed by atoms with Crippen molar-refractivity contribution < 1.29 is 9.94 Å². The summed E-state index contributed by atoms with van der Waals surface area (Å²) < 4.78 is 0. The van der Waals surface area contributed by atoms with Gasteiger partial charge in [-0.3, -0.25) is 0 Å². The molecule has 5 rings (SSSR count). The zero-order chi connectivity index (χ0) is 22.8. The third-order valence-corrected chi connectivity index (χ3v) is 5.60. The van der Waals surface area contributed by atoms with Gasteiger partial charge in [0.15, 0.2) is 5.88 Å². The van der Waals surface area contributed by atoms with Crippen LogP contribution in [0.2, 0.25) is 0 Å². The number of aromatic hydroxyl groups is 1. The monoisotopic (exact) mass is 439 g/mol. The maximum absolute atomic E-state index is 10.6. The molecule has 0 saturated heterocycles. The Kier molecular flexibility index (Phi) is 5.44. The fourth-order valence-electron chi connectivity index (χ4n) is 3.94. The third kappa shape index (κ3) is 4.01. The number of para-hydroxylation sites is 2. The molecule has 166 valence electrons. The number of nitrogens with one attached hydrogen (secondary N) is 2. The van der Waals surface area contributed by atoms with Gasteiger partial charge in [0.2, 0.25) is 0 Å². The van der Waals surface area contributed by atoms with E-state index in [1.807, 2.05) is 74.8 Å². The second-order valence-corrected chi connectivity index (χ2v) is 8.01. The van der Waals surface area contributed by atoms with Crippen LogP contribution in [0, 0.1) is 0 Å². The van der Waals surface area contributed by atoms with Crippen molar-refractivity contribution in [2.45, 2.75) is 0 Å². The van der Waals surface area contributed by atoms with Gasteiger partial charge in [0.05, 0.1) is 17.8 Å². The van der Waals surface area contributed by atoms with E-state index >= 15 is 0 Å². The molecule has 0 unspecified atom stereocenters. The van der Waals surface area contributed by atoms with Gasteiger partial charge in [-0.2, -0.15) is 0 Å². The Labute approximate surface area is 192 Å². The highest BCUT2D eigenvalue weighted by Gasteiger charge is 2.29. The molecule has 7 heteroatoms. The van der Waals surface area contributed by atoms with Crippen LogP contribution in [0.15, 0.2) is 82.9 Å². The minimum absolute atomic E-state index is 0.0679. The highest BCUT2D eigenvalue weighted by Crippen LogP contribution is 2.35. The molecule has 0 fully saturated rings. The zero-order valence-corrected chi connectivity index (χ0v) is 18.5. The first-order valence-electron chi connectivity index (χ1n) is 10.8. The summed E-state index contributed by atoms with van der Waals surface area (Å²) >= 11 is 0. The molecule has 0 spiro atoms. The van der Waals surface area contributed by atoms with Gasteiger partial charge in [0.25, 0.3) is 0 Å². The van der Waals surface area contributed by atoms with Crippen LogP contribution in [0.4, 0.5) is 17.1 Å². The second-order valence-electron chi connectivity index (χ2n) is 8.01.